The van der Waals surface area contributed by atoms with Gasteiger partial charge >= 0.3 is 19.9 Å². The summed E-state index contributed by atoms with van der Waals surface area (Å²) in [5, 5.41) is 22.4. The van der Waals surface area contributed by atoms with Gasteiger partial charge in [0, 0.05) is 61.9 Å². The third-order valence-electron chi connectivity index (χ3n) is 12.0. The molecule has 0 bridgehead atoms. The molecule has 450 valence electrons. The molecule has 27 heteroatoms. The van der Waals surface area contributed by atoms with Crippen molar-refractivity contribution in [3.05, 3.63) is 54.6 Å². The second-order valence-electron chi connectivity index (χ2n) is 20.5. The average Bonchev–Trinajstić information content (AvgIpc) is 4.03. The number of nitrogens with two attached hydrogens (primary N) is 1. The van der Waals surface area contributed by atoms with Crippen LogP contribution in [0.25, 0.3) is 0 Å². The largest absolute Gasteiger partial charge is 0.530 e. The van der Waals surface area contributed by atoms with Gasteiger partial charge in [-0.25, -0.2) is 18.5 Å². The summed E-state index contributed by atoms with van der Waals surface area (Å²) in [6.07, 6.45) is 4.97. The van der Waals surface area contributed by atoms with Gasteiger partial charge in [-0.15, -0.1) is 13.2 Å². The first kappa shape index (κ1) is 68.5. The number of rotatable bonds is 41. The van der Waals surface area contributed by atoms with Gasteiger partial charge in [-0.2, -0.15) is 11.8 Å². The second-order valence-corrected chi connectivity index (χ2v) is 23.3. The molecule has 6 atom stereocenters. The molecule has 1 aromatic rings. The average molecular weight is 1170 g/mol. The lowest BCUT2D eigenvalue weighted by Crippen LogP contribution is -2.57. The van der Waals surface area contributed by atoms with Crippen LogP contribution in [0.3, 0.4) is 0 Å². The summed E-state index contributed by atoms with van der Waals surface area (Å²) < 4.78 is 60.3. The van der Waals surface area contributed by atoms with Crippen molar-refractivity contribution in [3.8, 4) is 5.75 Å². The quantitative estimate of drug-likeness (QED) is 0.0193. The fraction of sp³-hybridized carbons (Fsp3) is 0.660. The molecule has 24 nitrogen and oxygen atoms in total. The number of carbonyl (C=O) groups excluding carboxylic acids is 8. The van der Waals surface area contributed by atoms with E-state index in [1.54, 1.807) is 20.8 Å². The van der Waals surface area contributed by atoms with E-state index in [0.29, 0.717) is 36.8 Å². The van der Waals surface area contributed by atoms with Crippen LogP contribution in [0.5, 0.6) is 5.75 Å². The molecule has 2 aliphatic rings. The maximum absolute atomic E-state index is 14.6. The molecule has 2 heterocycles. The Balaban J connectivity index is 1.56. The molecule has 9 amide bonds. The zero-order chi connectivity index (χ0) is 59.1. The van der Waals surface area contributed by atoms with Gasteiger partial charge in [-0.05, 0) is 82.9 Å². The summed E-state index contributed by atoms with van der Waals surface area (Å²) in [6.45, 7) is 15.9. The van der Waals surface area contributed by atoms with E-state index in [2.05, 4.69) is 55.7 Å². The van der Waals surface area contributed by atoms with Crippen molar-refractivity contribution in [3.63, 3.8) is 0 Å². The first-order chi connectivity index (χ1) is 38.0. The molecule has 10 N–H and O–H groups in total. The molecule has 80 heavy (non-hydrogen) atoms. The number of hydrogen-bond acceptors (Lipinski definition) is 16. The number of alkyl carbamates (subject to hydrolysis) is 1. The highest BCUT2D eigenvalue weighted by Gasteiger charge is 2.42. The number of unbranched alkanes of at least 4 members (excludes halogenated alkanes) is 2. The van der Waals surface area contributed by atoms with Gasteiger partial charge in [0.1, 0.15) is 36.2 Å². The first-order valence-corrected chi connectivity index (χ1v) is 29.6. The summed E-state index contributed by atoms with van der Waals surface area (Å²) in [6, 6.07) is 0.446. The van der Waals surface area contributed by atoms with Crippen LogP contribution in [-0.2, 0) is 69.7 Å². The van der Waals surface area contributed by atoms with Crippen LogP contribution in [-0.4, -0.2) is 154 Å². The smallest absolute Gasteiger partial charge is 0.444 e. The Morgan fingerprint density at radius 2 is 1.43 bits per heavy atom. The fourth-order valence-corrected chi connectivity index (χ4v) is 10.9. The van der Waals surface area contributed by atoms with E-state index >= 15 is 0 Å². The highest BCUT2D eigenvalue weighted by molar-refractivity contribution is 8.00. The number of urea groups is 1. The molecule has 0 aliphatic carbocycles. The monoisotopic (exact) mass is 1170 g/mol. The van der Waals surface area contributed by atoms with Crippen molar-refractivity contribution >= 4 is 67.2 Å². The molecule has 0 radical (unpaired) electrons. The molecule has 2 aliphatic heterocycles. The predicted octanol–water partition coefficient (Wildman–Crippen LogP) is 4.04. The molecule has 1 aromatic carbocycles. The molecule has 2 fully saturated rings. The van der Waals surface area contributed by atoms with Crippen molar-refractivity contribution < 1.29 is 75.1 Å². The Morgan fingerprint density at radius 3 is 2.04 bits per heavy atom. The maximum Gasteiger partial charge on any atom is 0.530 e. The number of fused-ring (bicyclic) bond motifs is 1. The van der Waals surface area contributed by atoms with Crippen LogP contribution in [0.4, 0.5) is 14.0 Å². The zero-order valence-corrected chi connectivity index (χ0v) is 48.5. The number of benzene rings is 1. The lowest BCUT2D eigenvalue weighted by atomic mass is 9.99. The number of amides is 9. The van der Waals surface area contributed by atoms with Crippen LogP contribution in [0.15, 0.2) is 43.5 Å². The summed E-state index contributed by atoms with van der Waals surface area (Å²) in [7, 11) is -4.29. The Labute approximate surface area is 473 Å². The SMILES string of the molecule is C=CCOP(=O)(OCC=C)Oc1ccc(C[C@H](NC(=O)[C@H](CCCCNC(=O)OC(C)(C)C)NC(=O)CCC(=O)NCCOCCOCCNC(=O)CCCCC2SCC3NC(=O)NC32)C(=O)N[C@@H](CC(C)C)C(N)=O)cc1CF. The number of primary amides is 1. The standard InChI is InChI=1S/C53H85FN9O15PS/c1-8-24-75-79(72,76-25-9-2)78-42-18-17-36(31-37(42)33-54)32-40(50(69)60-39(48(55)67)30-35(3)4)61-49(68)38(14-12-13-21-58-52(71)77-53(5,6)7)59-46(66)20-19-45(65)57-23-27-74-29-28-73-26-22-56-44(64)16-11-10-15-43-47-41(34-80-43)62-51(70)63-47/h8-9,17-18,31,35,38-41,43,47H,1-2,10-16,19-30,32-34H2,3-7H3,(H2,55,67)(H,56,64)(H,57,65)(H,58,71)(H,59,66)(H,60,69)(H,61,68)(H2,62,63,70)/t38-,39-,40-,41?,43?,47?/m0/s1. The number of ether oxygens (including phenoxy) is 3. The number of thioether (sulfide) groups is 1. The molecular formula is C53H85FN9O15PS. The molecule has 0 saturated carbocycles. The van der Waals surface area contributed by atoms with Gasteiger partial charge in [-0.3, -0.25) is 37.8 Å². The van der Waals surface area contributed by atoms with Crippen LogP contribution in [0.2, 0.25) is 0 Å². The normalized spacial score (nSPS) is 16.9. The summed E-state index contributed by atoms with van der Waals surface area (Å²) in [4.78, 5) is 103. The highest BCUT2D eigenvalue weighted by atomic mass is 32.2. The van der Waals surface area contributed by atoms with E-state index < -0.39 is 73.9 Å². The number of phosphoric ester groups is 1. The van der Waals surface area contributed by atoms with E-state index in [1.165, 1.54) is 30.4 Å². The number of carbonyl (C=O) groups is 8. The van der Waals surface area contributed by atoms with Gasteiger partial charge in [0.15, 0.2) is 0 Å². The van der Waals surface area contributed by atoms with Crippen LogP contribution in [0, 0.1) is 5.92 Å². The molecule has 2 saturated heterocycles. The van der Waals surface area contributed by atoms with E-state index in [4.69, 9.17) is 33.5 Å². The first-order valence-electron chi connectivity index (χ1n) is 27.1. The number of alkyl halides is 1. The third-order valence-corrected chi connectivity index (χ3v) is 14.9. The van der Waals surface area contributed by atoms with Crippen LogP contribution >= 0.6 is 19.6 Å². The van der Waals surface area contributed by atoms with Gasteiger partial charge in [0.05, 0.1) is 51.7 Å². The minimum absolute atomic E-state index is 0.0182. The summed E-state index contributed by atoms with van der Waals surface area (Å²) >= 11 is 1.85. The lowest BCUT2D eigenvalue weighted by Gasteiger charge is -2.26. The van der Waals surface area contributed by atoms with Gasteiger partial charge in [0.25, 0.3) is 0 Å². The predicted molar refractivity (Wildman–Crippen MR) is 299 cm³/mol. The topological polar surface area (TPSA) is 331 Å². The van der Waals surface area contributed by atoms with Gasteiger partial charge < -0.3 is 67.0 Å². The van der Waals surface area contributed by atoms with E-state index in [-0.39, 0.29) is 126 Å². The van der Waals surface area contributed by atoms with Crippen molar-refractivity contribution in [2.45, 2.75) is 153 Å². The number of hydrogen-bond donors (Lipinski definition) is 9. The van der Waals surface area contributed by atoms with Crippen molar-refractivity contribution in [1.82, 2.24) is 42.5 Å². The van der Waals surface area contributed by atoms with E-state index in [0.717, 1.165) is 25.0 Å². The second kappa shape index (κ2) is 36.5. The Kier molecular flexibility index (Phi) is 31.3. The van der Waals surface area contributed by atoms with Crippen molar-refractivity contribution in [2.75, 3.05) is 65.0 Å². The fourth-order valence-electron chi connectivity index (χ4n) is 8.20. The summed E-state index contributed by atoms with van der Waals surface area (Å²) in [5.74, 6) is -2.99. The van der Waals surface area contributed by atoms with Crippen molar-refractivity contribution in [2.24, 2.45) is 11.7 Å². The lowest BCUT2D eigenvalue weighted by molar-refractivity contribution is -0.133. The Morgan fingerprint density at radius 1 is 0.800 bits per heavy atom. The highest BCUT2D eigenvalue weighted by Crippen LogP contribution is 2.50. The number of phosphoric acid groups is 1. The third kappa shape index (κ3) is 27.6. The van der Waals surface area contributed by atoms with Crippen LogP contribution in [0.1, 0.15) is 110 Å². The maximum atomic E-state index is 14.6. The Hall–Kier alpha value is -5.79. The molecule has 0 spiro atoms. The number of halogens is 1. The minimum Gasteiger partial charge on any atom is -0.444 e. The molecular weight excluding hydrogens is 1080 g/mol. The Bertz CT molecular complexity index is 2240. The summed E-state index contributed by atoms with van der Waals surface area (Å²) in [5.41, 5.74) is 5.11. The van der Waals surface area contributed by atoms with E-state index in [9.17, 15) is 47.3 Å². The van der Waals surface area contributed by atoms with Gasteiger partial charge in [-0.1, -0.05) is 38.5 Å². The van der Waals surface area contributed by atoms with Gasteiger partial charge in [0.2, 0.25) is 35.4 Å². The molecule has 3 rings (SSSR count). The number of nitrogens with one attached hydrogen (secondary N) is 8. The minimum atomic E-state index is -4.29. The molecule has 3 unspecified atom stereocenters. The van der Waals surface area contributed by atoms with E-state index in [1.807, 2.05) is 25.6 Å². The zero-order valence-electron chi connectivity index (χ0n) is 46.8. The van der Waals surface area contributed by atoms with Crippen LogP contribution < -0.4 is 52.8 Å². The van der Waals surface area contributed by atoms with Crippen molar-refractivity contribution in [1.29, 1.82) is 0 Å². The molecule has 0 aromatic heterocycles.